The molecule has 0 aliphatic rings. The third kappa shape index (κ3) is 4.63. The lowest BCUT2D eigenvalue weighted by molar-refractivity contribution is 0.0995. The molecule has 182 valence electrons. The fraction of sp³-hybridized carbons (Fsp3) is 0.160. The number of carbonyl (C=O) groups excluding carboxylic acids is 1. The van der Waals surface area contributed by atoms with Crippen molar-refractivity contribution in [2.24, 2.45) is 5.73 Å². The molecule has 0 unspecified atom stereocenters. The maximum atomic E-state index is 13.6. The van der Waals surface area contributed by atoms with Crippen LogP contribution in [0.25, 0.3) is 33.7 Å². The second-order valence-corrected chi connectivity index (χ2v) is 8.52. The standard InChI is InChI=1S/C25H22F2N8O/c1-13(2)35-6-5-19(34-35)24-23(14-3-4-18-20(7-14)31-21(11-30-18)25(28)36)32-22(33-24)12-29-17-9-15(26)8-16(27)10-17/h3-11,13,29H,12H2,1-2H3,(H2,28,36)(H,32,33). The Kier molecular flexibility index (Phi) is 5.88. The van der Waals surface area contributed by atoms with E-state index in [0.29, 0.717) is 39.5 Å². The van der Waals surface area contributed by atoms with Crippen LogP contribution in [0, 0.1) is 11.6 Å². The number of benzene rings is 2. The van der Waals surface area contributed by atoms with E-state index in [0.717, 1.165) is 6.07 Å². The highest BCUT2D eigenvalue weighted by Crippen LogP contribution is 2.31. The smallest absolute Gasteiger partial charge is 0.268 e. The summed E-state index contributed by atoms with van der Waals surface area (Å²) in [5.74, 6) is -1.49. The van der Waals surface area contributed by atoms with Gasteiger partial charge in [-0.15, -0.1) is 0 Å². The van der Waals surface area contributed by atoms with Gasteiger partial charge in [0.05, 0.1) is 35.2 Å². The van der Waals surface area contributed by atoms with Crippen molar-refractivity contribution in [1.29, 1.82) is 0 Å². The number of H-pyrrole nitrogens is 1. The van der Waals surface area contributed by atoms with Gasteiger partial charge in [0.1, 0.15) is 28.8 Å². The maximum Gasteiger partial charge on any atom is 0.268 e. The summed E-state index contributed by atoms with van der Waals surface area (Å²) >= 11 is 0. The molecule has 0 radical (unpaired) electrons. The number of aromatic amines is 1. The van der Waals surface area contributed by atoms with Crippen LogP contribution >= 0.6 is 0 Å². The number of nitrogens with one attached hydrogen (secondary N) is 2. The number of hydrogen-bond donors (Lipinski definition) is 3. The lowest BCUT2D eigenvalue weighted by Crippen LogP contribution is -2.13. The molecule has 1 amide bonds. The number of anilines is 1. The first-order valence-corrected chi connectivity index (χ1v) is 11.2. The van der Waals surface area contributed by atoms with Crippen molar-refractivity contribution in [3.8, 4) is 22.6 Å². The van der Waals surface area contributed by atoms with Crippen molar-refractivity contribution in [1.82, 2.24) is 29.7 Å². The van der Waals surface area contributed by atoms with Gasteiger partial charge in [-0.25, -0.2) is 18.7 Å². The summed E-state index contributed by atoms with van der Waals surface area (Å²) in [6.07, 6.45) is 3.21. The van der Waals surface area contributed by atoms with Crippen LogP contribution in [0.2, 0.25) is 0 Å². The van der Waals surface area contributed by atoms with Crippen molar-refractivity contribution in [2.75, 3.05) is 5.32 Å². The molecule has 2 aromatic carbocycles. The van der Waals surface area contributed by atoms with Crippen molar-refractivity contribution in [3.63, 3.8) is 0 Å². The van der Waals surface area contributed by atoms with Crippen LogP contribution in [0.15, 0.2) is 54.9 Å². The number of primary amides is 1. The van der Waals surface area contributed by atoms with Gasteiger partial charge in [0.2, 0.25) is 0 Å². The van der Waals surface area contributed by atoms with Gasteiger partial charge in [0.25, 0.3) is 5.91 Å². The molecule has 0 aliphatic carbocycles. The number of nitrogens with zero attached hydrogens (tertiary/aromatic N) is 5. The summed E-state index contributed by atoms with van der Waals surface area (Å²) in [6, 6.07) is 10.7. The number of hydrogen-bond acceptors (Lipinski definition) is 6. The second-order valence-electron chi connectivity index (χ2n) is 8.52. The van der Waals surface area contributed by atoms with Gasteiger partial charge >= 0.3 is 0 Å². The largest absolute Gasteiger partial charge is 0.378 e. The Bertz CT molecular complexity index is 1570. The van der Waals surface area contributed by atoms with Crippen LogP contribution in [0.1, 0.15) is 36.2 Å². The molecule has 0 atom stereocenters. The average Bonchev–Trinajstić information content (AvgIpc) is 3.49. The molecular formula is C25H22F2N8O. The minimum atomic E-state index is -0.676. The van der Waals surface area contributed by atoms with Crippen LogP contribution in [0.5, 0.6) is 0 Å². The Balaban J connectivity index is 1.56. The SMILES string of the molecule is CC(C)n1ccc(-c2[nH]c(CNc3cc(F)cc(F)c3)nc2-c2ccc3ncc(C(N)=O)nc3c2)n1. The van der Waals surface area contributed by atoms with Crippen LogP contribution in [0.3, 0.4) is 0 Å². The quantitative estimate of drug-likeness (QED) is 0.311. The second kappa shape index (κ2) is 9.17. The van der Waals surface area contributed by atoms with Crippen molar-refractivity contribution in [3.05, 3.63) is 78.0 Å². The minimum Gasteiger partial charge on any atom is -0.378 e. The van der Waals surface area contributed by atoms with Crippen LogP contribution in [-0.4, -0.2) is 35.6 Å². The number of rotatable bonds is 7. The van der Waals surface area contributed by atoms with Gasteiger partial charge in [-0.3, -0.25) is 14.5 Å². The summed E-state index contributed by atoms with van der Waals surface area (Å²) in [5.41, 5.74) is 9.44. The molecule has 5 aromatic rings. The van der Waals surface area contributed by atoms with E-state index in [2.05, 4.69) is 25.4 Å². The summed E-state index contributed by atoms with van der Waals surface area (Å²) < 4.78 is 29.0. The van der Waals surface area contributed by atoms with Crippen molar-refractivity contribution in [2.45, 2.75) is 26.4 Å². The third-order valence-electron chi connectivity index (χ3n) is 5.54. The molecule has 0 saturated heterocycles. The lowest BCUT2D eigenvalue weighted by Gasteiger charge is -2.05. The lowest BCUT2D eigenvalue weighted by atomic mass is 10.1. The monoisotopic (exact) mass is 488 g/mol. The zero-order chi connectivity index (χ0) is 25.4. The fourth-order valence-electron chi connectivity index (χ4n) is 3.78. The predicted molar refractivity (Wildman–Crippen MR) is 131 cm³/mol. The zero-order valence-corrected chi connectivity index (χ0v) is 19.5. The molecule has 0 bridgehead atoms. The molecule has 0 saturated carbocycles. The van der Waals surface area contributed by atoms with Crippen LogP contribution < -0.4 is 11.1 Å². The molecule has 0 spiro atoms. The van der Waals surface area contributed by atoms with E-state index in [1.54, 1.807) is 12.1 Å². The Morgan fingerprint density at radius 3 is 2.56 bits per heavy atom. The molecule has 4 N–H and O–H groups in total. The Morgan fingerprint density at radius 1 is 1.08 bits per heavy atom. The summed E-state index contributed by atoms with van der Waals surface area (Å²) in [4.78, 5) is 28.1. The Morgan fingerprint density at radius 2 is 1.86 bits per heavy atom. The molecule has 11 heteroatoms. The number of fused-ring (bicyclic) bond motifs is 1. The topological polar surface area (TPSA) is 127 Å². The third-order valence-corrected chi connectivity index (χ3v) is 5.54. The summed E-state index contributed by atoms with van der Waals surface area (Å²) in [6.45, 7) is 4.23. The van der Waals surface area contributed by atoms with Crippen LogP contribution in [-0.2, 0) is 6.54 Å². The van der Waals surface area contributed by atoms with Gasteiger partial charge in [0, 0.05) is 29.6 Å². The molecule has 36 heavy (non-hydrogen) atoms. The van der Waals surface area contributed by atoms with E-state index in [1.165, 1.54) is 18.3 Å². The Hall–Kier alpha value is -4.67. The number of nitrogens with two attached hydrogens (primary N) is 1. The van der Waals surface area contributed by atoms with E-state index in [1.807, 2.05) is 36.9 Å². The van der Waals surface area contributed by atoms with Gasteiger partial charge in [-0.1, -0.05) is 6.07 Å². The fourth-order valence-corrected chi connectivity index (χ4v) is 3.78. The first-order chi connectivity index (χ1) is 17.3. The molecule has 3 heterocycles. The van der Waals surface area contributed by atoms with Gasteiger partial charge in [0.15, 0.2) is 0 Å². The average molecular weight is 489 g/mol. The summed E-state index contributed by atoms with van der Waals surface area (Å²) in [7, 11) is 0. The molecule has 0 aliphatic heterocycles. The van der Waals surface area contributed by atoms with Gasteiger partial charge in [-0.05, 0) is 44.2 Å². The molecular weight excluding hydrogens is 466 g/mol. The molecule has 3 aromatic heterocycles. The Labute approximate surface area is 204 Å². The first-order valence-electron chi connectivity index (χ1n) is 11.2. The normalized spacial score (nSPS) is 11.4. The highest BCUT2D eigenvalue weighted by Gasteiger charge is 2.18. The van der Waals surface area contributed by atoms with Crippen molar-refractivity contribution < 1.29 is 13.6 Å². The molecule has 0 fully saturated rings. The van der Waals surface area contributed by atoms with E-state index in [4.69, 9.17) is 10.7 Å². The maximum absolute atomic E-state index is 13.6. The highest BCUT2D eigenvalue weighted by atomic mass is 19.1. The number of halogens is 2. The molecule has 9 nitrogen and oxygen atoms in total. The minimum absolute atomic E-state index is 0.0600. The first kappa shape index (κ1) is 23.1. The number of aromatic nitrogens is 6. The number of amides is 1. The summed E-state index contributed by atoms with van der Waals surface area (Å²) in [5, 5.41) is 7.64. The predicted octanol–water partition coefficient (Wildman–Crippen LogP) is 4.45. The van der Waals surface area contributed by atoms with Crippen LogP contribution in [0.4, 0.5) is 14.5 Å². The number of carbonyl (C=O) groups is 1. The zero-order valence-electron chi connectivity index (χ0n) is 19.5. The van der Waals surface area contributed by atoms with E-state index in [9.17, 15) is 13.6 Å². The van der Waals surface area contributed by atoms with E-state index in [-0.39, 0.29) is 24.0 Å². The number of imidazole rings is 1. The van der Waals surface area contributed by atoms with E-state index < -0.39 is 17.5 Å². The van der Waals surface area contributed by atoms with Gasteiger partial charge in [-0.2, -0.15) is 5.10 Å². The highest BCUT2D eigenvalue weighted by molar-refractivity contribution is 5.93. The van der Waals surface area contributed by atoms with Gasteiger partial charge < -0.3 is 16.0 Å². The van der Waals surface area contributed by atoms with E-state index >= 15 is 0 Å². The molecule has 5 rings (SSSR count). The van der Waals surface area contributed by atoms with Crippen molar-refractivity contribution >= 4 is 22.6 Å².